The monoisotopic (exact) mass is 801 g/mol. The molecule has 0 radical (unpaired) electrons. The molecule has 6 rings (SSSR count). The molecular formula is C47H76N8O3. The van der Waals surface area contributed by atoms with Crippen LogP contribution in [0.4, 0.5) is 22.7 Å². The van der Waals surface area contributed by atoms with Crippen LogP contribution in [-0.2, 0) is 9.53 Å². The van der Waals surface area contributed by atoms with Crippen LogP contribution in [-0.4, -0.2) is 92.9 Å². The van der Waals surface area contributed by atoms with Gasteiger partial charge >= 0.3 is 0 Å². The highest BCUT2D eigenvalue weighted by atomic mass is 16.5. The summed E-state index contributed by atoms with van der Waals surface area (Å²) in [7, 11) is 4.08. The molecule has 11 heteroatoms. The lowest BCUT2D eigenvalue weighted by atomic mass is 9.80. The second-order valence-corrected chi connectivity index (χ2v) is 14.5. The molecule has 0 aliphatic carbocycles. The first-order valence-electron chi connectivity index (χ1n) is 21.0. The number of amidine groups is 1. The third-order valence-corrected chi connectivity index (χ3v) is 10.2. The largest absolute Gasteiger partial charge is 0.474 e. The predicted octanol–water partition coefficient (Wildman–Crippen LogP) is 10.2. The first-order valence-corrected chi connectivity index (χ1v) is 21.0. The Bertz CT molecular complexity index is 1840. The average Bonchev–Trinajstić information content (AvgIpc) is 3.25. The van der Waals surface area contributed by atoms with Crippen LogP contribution in [0, 0.1) is 25.7 Å². The number of hydrogen-bond acceptors (Lipinski definition) is 11. The number of hydrogen-bond donors (Lipinski definition) is 3. The first-order chi connectivity index (χ1) is 28.0. The molecule has 0 saturated carbocycles. The molecule has 3 aliphatic heterocycles. The summed E-state index contributed by atoms with van der Waals surface area (Å²) in [5.41, 5.74) is 9.04. The van der Waals surface area contributed by atoms with Crippen molar-refractivity contribution in [1.29, 1.82) is 0 Å². The number of carbonyl (C=O) groups excluding carboxylic acids is 1. The molecule has 1 aromatic heterocycles. The molecule has 1 saturated heterocycles. The summed E-state index contributed by atoms with van der Waals surface area (Å²) in [6.07, 6.45) is 5.97. The zero-order valence-electron chi connectivity index (χ0n) is 37.1. The average molecular weight is 801 g/mol. The fourth-order valence-corrected chi connectivity index (χ4v) is 6.77. The second-order valence-electron chi connectivity index (χ2n) is 14.5. The van der Waals surface area contributed by atoms with Crippen molar-refractivity contribution in [3.8, 4) is 5.88 Å². The van der Waals surface area contributed by atoms with Gasteiger partial charge in [0.15, 0.2) is 5.88 Å². The van der Waals surface area contributed by atoms with Crippen molar-refractivity contribution in [2.45, 2.75) is 74.8 Å². The molecule has 0 amide bonds. The lowest BCUT2D eigenvalue weighted by Gasteiger charge is -2.41. The van der Waals surface area contributed by atoms with E-state index in [0.29, 0.717) is 30.1 Å². The first kappa shape index (κ1) is 47.1. The number of likely N-dealkylation sites (N-methyl/N-ethyl adjacent to an activating group) is 2. The van der Waals surface area contributed by atoms with Gasteiger partial charge in [0, 0.05) is 84.1 Å². The Balaban J connectivity index is 0.00000107. The Morgan fingerprint density at radius 1 is 1.07 bits per heavy atom. The molecule has 2 aromatic carbocycles. The van der Waals surface area contributed by atoms with E-state index in [0.717, 1.165) is 86.3 Å². The van der Waals surface area contributed by atoms with Gasteiger partial charge in [-0.3, -0.25) is 0 Å². The molecule has 3 unspecified atom stereocenters. The van der Waals surface area contributed by atoms with Crippen LogP contribution in [0.1, 0.15) is 75.9 Å². The van der Waals surface area contributed by atoms with E-state index in [2.05, 4.69) is 107 Å². The summed E-state index contributed by atoms with van der Waals surface area (Å²) in [6.45, 7) is 32.5. The number of pyridine rings is 1. The van der Waals surface area contributed by atoms with Crippen LogP contribution >= 0.6 is 0 Å². The molecule has 0 bridgehead atoms. The highest BCUT2D eigenvalue weighted by Crippen LogP contribution is 2.39. The Labute approximate surface area is 353 Å². The molecule has 3 aliphatic rings. The van der Waals surface area contributed by atoms with Crippen LogP contribution in [0.3, 0.4) is 0 Å². The number of nitrogens with one attached hydrogen (secondary N) is 3. The van der Waals surface area contributed by atoms with E-state index in [1.165, 1.54) is 22.4 Å². The smallest absolute Gasteiger partial charge is 0.237 e. The van der Waals surface area contributed by atoms with E-state index in [1.54, 1.807) is 6.92 Å². The number of rotatable bonds is 13. The lowest BCUT2D eigenvalue weighted by Crippen LogP contribution is -2.44. The van der Waals surface area contributed by atoms with Gasteiger partial charge in [-0.05, 0) is 96.8 Å². The van der Waals surface area contributed by atoms with Crippen LogP contribution < -0.4 is 25.6 Å². The van der Waals surface area contributed by atoms with Crippen LogP contribution in [0.2, 0.25) is 0 Å². The minimum atomic E-state index is -0.218. The molecular weight excluding hydrogens is 725 g/mol. The molecule has 1 fully saturated rings. The zero-order valence-corrected chi connectivity index (χ0v) is 37.1. The number of anilines is 4. The maximum Gasteiger partial charge on any atom is 0.237 e. The van der Waals surface area contributed by atoms with Crippen LogP contribution in [0.15, 0.2) is 90.5 Å². The maximum atomic E-state index is 10.7. The van der Waals surface area contributed by atoms with E-state index in [1.807, 2.05) is 72.3 Å². The van der Waals surface area contributed by atoms with Crippen molar-refractivity contribution < 1.29 is 18.5 Å². The molecule has 11 nitrogen and oxygen atoms in total. The molecule has 4 heterocycles. The molecule has 3 N–H and O–H groups in total. The number of fused-ring (bicyclic) bond motifs is 2. The number of aromatic nitrogens is 1. The Hall–Kier alpha value is -5.29. The van der Waals surface area contributed by atoms with Gasteiger partial charge in [-0.25, -0.2) is 9.98 Å². The third-order valence-electron chi connectivity index (χ3n) is 10.2. The number of ether oxygens (including phenoxy) is 2. The topological polar surface area (TPSA) is 107 Å². The predicted molar refractivity (Wildman–Crippen MR) is 252 cm³/mol. The van der Waals surface area contributed by atoms with Crippen LogP contribution in [0.25, 0.3) is 5.76 Å². The highest BCUT2D eigenvalue weighted by molar-refractivity contribution is 5.98. The molecule has 322 valence electrons. The minimum Gasteiger partial charge on any atom is -0.474 e. The van der Waals surface area contributed by atoms with E-state index in [-0.39, 0.29) is 10.3 Å². The number of piperidine rings is 1. The Kier molecular flexibility index (Phi) is 19.3. The summed E-state index contributed by atoms with van der Waals surface area (Å²) in [5, 5.41) is 10.1. The van der Waals surface area contributed by atoms with Crippen LogP contribution in [0.5, 0.6) is 5.88 Å². The van der Waals surface area contributed by atoms with Gasteiger partial charge in [0.2, 0.25) is 5.88 Å². The van der Waals surface area contributed by atoms with Gasteiger partial charge in [-0.1, -0.05) is 58.9 Å². The van der Waals surface area contributed by atoms with Crippen molar-refractivity contribution in [2.24, 2.45) is 16.8 Å². The van der Waals surface area contributed by atoms with Crippen molar-refractivity contribution in [3.05, 3.63) is 102 Å². The van der Waals surface area contributed by atoms with E-state index >= 15 is 0 Å². The number of nitrogens with zero attached hydrogens (tertiary/aromatic N) is 5. The van der Waals surface area contributed by atoms with Crippen molar-refractivity contribution >= 4 is 40.6 Å². The van der Waals surface area contributed by atoms with Crippen molar-refractivity contribution in [2.75, 3.05) is 80.8 Å². The van der Waals surface area contributed by atoms with Gasteiger partial charge in [-0.2, -0.15) is 0 Å². The Morgan fingerprint density at radius 2 is 1.74 bits per heavy atom. The number of aryl methyl sites for hydroxylation is 1. The fraction of sp³-hybridized carbons (Fsp3) is 0.468. The van der Waals surface area contributed by atoms with Gasteiger partial charge in [-0.15, -0.1) is 0 Å². The summed E-state index contributed by atoms with van der Waals surface area (Å²) < 4.78 is 11.5. The van der Waals surface area contributed by atoms with Gasteiger partial charge in [0.05, 0.1) is 17.9 Å². The minimum absolute atomic E-state index is 0. The van der Waals surface area contributed by atoms with E-state index in [9.17, 15) is 4.79 Å². The molecule has 3 atom stereocenters. The lowest BCUT2D eigenvalue weighted by molar-refractivity contribution is -0.108. The van der Waals surface area contributed by atoms with E-state index < -0.39 is 0 Å². The summed E-state index contributed by atoms with van der Waals surface area (Å²) in [4.78, 5) is 26.7. The van der Waals surface area contributed by atoms with Gasteiger partial charge < -0.3 is 44.9 Å². The van der Waals surface area contributed by atoms with E-state index in [4.69, 9.17) is 14.5 Å². The summed E-state index contributed by atoms with van der Waals surface area (Å²) >= 11 is 0. The second kappa shape index (κ2) is 23.8. The highest BCUT2D eigenvalue weighted by Gasteiger charge is 2.34. The number of aldehydes is 1. The van der Waals surface area contributed by atoms with Gasteiger partial charge in [0.1, 0.15) is 30.2 Å². The third kappa shape index (κ3) is 13.1. The number of benzene rings is 2. The Morgan fingerprint density at radius 3 is 2.38 bits per heavy atom. The molecule has 58 heavy (non-hydrogen) atoms. The zero-order chi connectivity index (χ0) is 42.8. The summed E-state index contributed by atoms with van der Waals surface area (Å²) in [6, 6.07) is 15.9. The summed E-state index contributed by atoms with van der Waals surface area (Å²) in [5.74, 6) is 3.71. The maximum absolute atomic E-state index is 10.7. The van der Waals surface area contributed by atoms with Gasteiger partial charge in [0.25, 0.3) is 0 Å². The van der Waals surface area contributed by atoms with Crippen molar-refractivity contribution in [1.82, 2.24) is 14.8 Å². The SMILES string of the molecule is C=C(OC(=C)N(CC)CCN(C)C)c1ccc(NC(C)C=O)cc1.CC.CC.Cc1ccc(NC2=NC=C3CCN(c4cnc5c(c4C)NCCO5)CC3C2C)cc1.[HH].[HH].[HH]. The molecule has 3 aromatic rings. The van der Waals surface area contributed by atoms with Crippen molar-refractivity contribution in [3.63, 3.8) is 0 Å². The number of aliphatic imine (C=N–C) groups is 1. The quantitative estimate of drug-likeness (QED) is 0.114. The fourth-order valence-electron chi connectivity index (χ4n) is 6.77. The standard InChI is InChI=1S/C24H29N5O.C19H29N3O2.2C2H6.3H2/c1-15-4-6-19(7-5-15)28-23-16(2)20-14-29(10-8-18(20)12-26-23)21-13-27-24-22(17(21)3)25-9-11-30-24;1-7-22(13-12-21(5)6)17(4)24-16(3)18-8-10-19(11-9-18)20-15(2)14-23;2*1-2;;;/h4-7,12-13,16,20,25H,8-11,14H2,1-3H3,(H,26,28);8-11,14-15,20H,3-4,7,12-13H2,1-2,5-6H3;2*1-2H3;3*1H. The molecule has 0 spiro atoms. The number of carbonyl (C=O) groups is 1. The normalized spacial score (nSPS) is 16.8.